The number of hydrogen-bond acceptors (Lipinski definition) is 6. The fourth-order valence-corrected chi connectivity index (χ4v) is 4.79. The summed E-state index contributed by atoms with van der Waals surface area (Å²) in [7, 11) is 0. The first-order chi connectivity index (χ1) is 15.0. The molecule has 0 saturated carbocycles. The largest absolute Gasteiger partial charge is 0.298 e. The summed E-state index contributed by atoms with van der Waals surface area (Å²) in [6.07, 6.45) is 3.38. The van der Waals surface area contributed by atoms with Gasteiger partial charge in [0.1, 0.15) is 5.01 Å². The van der Waals surface area contributed by atoms with Crippen LogP contribution in [0.3, 0.4) is 0 Å². The van der Waals surface area contributed by atoms with Crippen LogP contribution in [0.1, 0.15) is 42.5 Å². The molecular weight excluding hydrogens is 410 g/mol. The summed E-state index contributed by atoms with van der Waals surface area (Å²) in [6.45, 7) is 8.16. The molecular formula is C23H33N5O2S. The predicted molar refractivity (Wildman–Crippen MR) is 123 cm³/mol. The zero-order valence-electron chi connectivity index (χ0n) is 18.5. The van der Waals surface area contributed by atoms with Crippen molar-refractivity contribution in [3.8, 4) is 0 Å². The van der Waals surface area contributed by atoms with E-state index < -0.39 is 0 Å². The lowest BCUT2D eigenvalue weighted by atomic mass is 10.0. The molecule has 1 fully saturated rings. The Kier molecular flexibility index (Phi) is 8.99. The highest BCUT2D eigenvalue weighted by Crippen LogP contribution is 2.18. The van der Waals surface area contributed by atoms with Crippen molar-refractivity contribution in [2.75, 3.05) is 26.2 Å². The summed E-state index contributed by atoms with van der Waals surface area (Å²) in [5.41, 5.74) is 7.32. The number of benzene rings is 1. The summed E-state index contributed by atoms with van der Waals surface area (Å²) in [5, 5.41) is 2.66. The summed E-state index contributed by atoms with van der Waals surface area (Å²) < 4.78 is 0. The molecule has 0 spiro atoms. The lowest BCUT2D eigenvalue weighted by Gasteiger charge is -2.39. The highest BCUT2D eigenvalue weighted by Gasteiger charge is 2.26. The summed E-state index contributed by atoms with van der Waals surface area (Å²) in [5.74, 6) is -0.436. The molecule has 7 nitrogen and oxygen atoms in total. The minimum atomic E-state index is -0.253. The van der Waals surface area contributed by atoms with Crippen molar-refractivity contribution in [1.82, 2.24) is 25.6 Å². The molecule has 2 N–H and O–H groups in total. The monoisotopic (exact) mass is 443 g/mol. The van der Waals surface area contributed by atoms with E-state index in [1.165, 1.54) is 16.9 Å². The Morgan fingerprint density at radius 1 is 1.23 bits per heavy atom. The summed E-state index contributed by atoms with van der Waals surface area (Å²) >= 11 is 1.45. The molecule has 1 aliphatic heterocycles. The summed E-state index contributed by atoms with van der Waals surface area (Å²) in [6, 6.07) is 10.9. The molecule has 1 saturated heterocycles. The smallest absolute Gasteiger partial charge is 0.252 e. The molecule has 1 aliphatic rings. The van der Waals surface area contributed by atoms with Crippen LogP contribution in [0.15, 0.2) is 35.7 Å². The van der Waals surface area contributed by atoms with Gasteiger partial charge in [-0.15, -0.1) is 11.3 Å². The van der Waals surface area contributed by atoms with Gasteiger partial charge in [0.15, 0.2) is 0 Å². The first-order valence-corrected chi connectivity index (χ1v) is 11.9. The van der Waals surface area contributed by atoms with Crippen molar-refractivity contribution < 1.29 is 9.59 Å². The molecule has 1 atom stereocenters. The van der Waals surface area contributed by atoms with Gasteiger partial charge < -0.3 is 0 Å². The Bertz CT molecular complexity index is 842. The van der Waals surface area contributed by atoms with E-state index in [0.29, 0.717) is 6.04 Å². The maximum Gasteiger partial charge on any atom is 0.252 e. The van der Waals surface area contributed by atoms with Gasteiger partial charge in [-0.2, -0.15) is 0 Å². The Morgan fingerprint density at radius 2 is 2.00 bits per heavy atom. The number of aromatic nitrogens is 1. The zero-order valence-corrected chi connectivity index (χ0v) is 19.3. The number of carbonyl (C=O) groups is 2. The topological polar surface area (TPSA) is 77.6 Å². The molecule has 0 bridgehead atoms. The van der Waals surface area contributed by atoms with Gasteiger partial charge in [-0.3, -0.25) is 30.2 Å². The van der Waals surface area contributed by atoms with E-state index in [9.17, 15) is 9.59 Å². The highest BCUT2D eigenvalue weighted by molar-refractivity contribution is 7.09. The third-order valence-corrected chi connectivity index (χ3v) is 6.39. The van der Waals surface area contributed by atoms with E-state index in [4.69, 9.17) is 0 Å². The minimum Gasteiger partial charge on any atom is -0.298 e. The number of thiazole rings is 1. The van der Waals surface area contributed by atoms with E-state index in [2.05, 4.69) is 56.8 Å². The van der Waals surface area contributed by atoms with Crippen LogP contribution in [-0.2, 0) is 22.6 Å². The van der Waals surface area contributed by atoms with Crippen LogP contribution in [0.5, 0.6) is 0 Å². The number of carbonyl (C=O) groups excluding carboxylic acids is 2. The number of piperidine rings is 1. The predicted octanol–water partition coefficient (Wildman–Crippen LogP) is 2.52. The molecule has 31 heavy (non-hydrogen) atoms. The Labute approximate surface area is 188 Å². The van der Waals surface area contributed by atoms with Crippen molar-refractivity contribution in [1.29, 1.82) is 0 Å². The van der Waals surface area contributed by atoms with Crippen molar-refractivity contribution in [2.45, 2.75) is 52.1 Å². The maximum absolute atomic E-state index is 12.5. The van der Waals surface area contributed by atoms with Crippen LogP contribution in [0.25, 0.3) is 0 Å². The number of nitrogens with one attached hydrogen (secondary N) is 2. The van der Waals surface area contributed by atoms with Gasteiger partial charge in [0, 0.05) is 30.2 Å². The number of hydrogen-bond donors (Lipinski definition) is 2. The van der Waals surface area contributed by atoms with Crippen LogP contribution in [0, 0.1) is 6.92 Å². The number of rotatable bonds is 9. The molecule has 3 rings (SSSR count). The molecule has 1 unspecified atom stereocenters. The summed E-state index contributed by atoms with van der Waals surface area (Å²) in [4.78, 5) is 33.6. The molecule has 1 aromatic heterocycles. The Balaban J connectivity index is 1.47. The SMILES string of the molecule is CCCN(CC(=O)NNC(=O)Cc1nc(C)cs1)C1CCCN(Cc2ccccc2)C1. The van der Waals surface area contributed by atoms with Crippen molar-refractivity contribution in [3.63, 3.8) is 0 Å². The lowest BCUT2D eigenvalue weighted by Crippen LogP contribution is -2.53. The van der Waals surface area contributed by atoms with Crippen molar-refractivity contribution in [3.05, 3.63) is 52.0 Å². The molecule has 2 heterocycles. The zero-order chi connectivity index (χ0) is 22.1. The standard InChI is InChI=1S/C23H33N5O2S/c1-3-11-28(16-22(30)26-25-21(29)13-23-24-18(2)17-31-23)20-10-7-12-27(15-20)14-19-8-5-4-6-9-19/h4-6,8-9,17,20H,3,7,10-16H2,1-2H3,(H,25,29)(H,26,30). The van der Waals surface area contributed by atoms with Crippen LogP contribution in [-0.4, -0.2) is 58.8 Å². The molecule has 0 aliphatic carbocycles. The molecule has 1 aromatic carbocycles. The number of nitrogens with zero attached hydrogens (tertiary/aromatic N) is 3. The van der Waals surface area contributed by atoms with E-state index in [1.54, 1.807) is 0 Å². The average molecular weight is 444 g/mol. The van der Waals surface area contributed by atoms with Gasteiger partial charge in [0.2, 0.25) is 5.91 Å². The van der Waals surface area contributed by atoms with Gasteiger partial charge in [-0.25, -0.2) is 4.98 Å². The van der Waals surface area contributed by atoms with Gasteiger partial charge in [0.25, 0.3) is 5.91 Å². The Morgan fingerprint density at radius 3 is 2.71 bits per heavy atom. The molecule has 0 radical (unpaired) electrons. The molecule has 2 aromatic rings. The van der Waals surface area contributed by atoms with Gasteiger partial charge >= 0.3 is 0 Å². The quantitative estimate of drug-likeness (QED) is 0.583. The number of likely N-dealkylation sites (tertiary alicyclic amines) is 1. The third kappa shape index (κ3) is 7.72. The van der Waals surface area contributed by atoms with Gasteiger partial charge in [0.05, 0.1) is 13.0 Å². The number of amides is 2. The first-order valence-electron chi connectivity index (χ1n) is 11.0. The number of aryl methyl sites for hydroxylation is 1. The molecule has 8 heteroatoms. The molecule has 168 valence electrons. The molecule has 2 amide bonds. The fraction of sp³-hybridized carbons (Fsp3) is 0.522. The maximum atomic E-state index is 12.5. The van der Waals surface area contributed by atoms with Crippen molar-refractivity contribution >= 4 is 23.2 Å². The second-order valence-corrected chi connectivity index (χ2v) is 9.09. The Hall–Kier alpha value is -2.29. The fourth-order valence-electron chi connectivity index (χ4n) is 4.02. The normalized spacial score (nSPS) is 16.9. The van der Waals surface area contributed by atoms with Crippen molar-refractivity contribution in [2.24, 2.45) is 0 Å². The van der Waals surface area contributed by atoms with Crippen LogP contribution >= 0.6 is 11.3 Å². The van der Waals surface area contributed by atoms with E-state index in [-0.39, 0.29) is 24.8 Å². The van der Waals surface area contributed by atoms with E-state index in [1.807, 2.05) is 18.4 Å². The average Bonchev–Trinajstić information content (AvgIpc) is 3.17. The first kappa shape index (κ1) is 23.4. The van der Waals surface area contributed by atoms with Crippen LogP contribution in [0.2, 0.25) is 0 Å². The lowest BCUT2D eigenvalue weighted by molar-refractivity contribution is -0.129. The second kappa shape index (κ2) is 11.9. The van der Waals surface area contributed by atoms with Crippen LogP contribution in [0.4, 0.5) is 0 Å². The van der Waals surface area contributed by atoms with Gasteiger partial charge in [-0.1, -0.05) is 37.3 Å². The van der Waals surface area contributed by atoms with Gasteiger partial charge in [-0.05, 0) is 44.8 Å². The van der Waals surface area contributed by atoms with Crippen LogP contribution < -0.4 is 10.9 Å². The third-order valence-electron chi connectivity index (χ3n) is 5.42. The van der Waals surface area contributed by atoms with E-state index >= 15 is 0 Å². The second-order valence-electron chi connectivity index (χ2n) is 8.14. The minimum absolute atomic E-state index is 0.175. The van der Waals surface area contributed by atoms with E-state index in [0.717, 1.165) is 56.1 Å². The highest BCUT2D eigenvalue weighted by atomic mass is 32.1. The number of hydrazine groups is 1.